The van der Waals surface area contributed by atoms with Gasteiger partial charge < -0.3 is 20.5 Å². The summed E-state index contributed by atoms with van der Waals surface area (Å²) < 4.78 is 2.08. The Morgan fingerprint density at radius 2 is 1.61 bits per heavy atom. The van der Waals surface area contributed by atoms with Crippen molar-refractivity contribution < 1.29 is 4.79 Å². The first kappa shape index (κ1) is 21.0. The van der Waals surface area contributed by atoms with E-state index in [9.17, 15) is 4.79 Å². The Labute approximate surface area is 194 Å². The Morgan fingerprint density at radius 3 is 2.33 bits per heavy atom. The van der Waals surface area contributed by atoms with Crippen molar-refractivity contribution in [1.29, 1.82) is 0 Å². The van der Waals surface area contributed by atoms with Crippen molar-refractivity contribution in [3.05, 3.63) is 108 Å². The van der Waals surface area contributed by atoms with Crippen LogP contribution in [0.2, 0.25) is 0 Å². The van der Waals surface area contributed by atoms with Crippen molar-refractivity contribution in [2.75, 3.05) is 25.4 Å². The number of hydrogen-bond acceptors (Lipinski definition) is 3. The number of piperazine rings is 1. The van der Waals surface area contributed by atoms with Crippen LogP contribution in [0.25, 0.3) is 16.9 Å². The van der Waals surface area contributed by atoms with Gasteiger partial charge in [-0.15, -0.1) is 0 Å². The maximum atomic E-state index is 14.0. The van der Waals surface area contributed by atoms with Crippen LogP contribution in [-0.2, 0) is 6.42 Å². The average Bonchev–Trinajstić information content (AvgIpc) is 3.31. The number of aromatic nitrogens is 1. The van der Waals surface area contributed by atoms with Crippen molar-refractivity contribution in [3.63, 3.8) is 0 Å². The van der Waals surface area contributed by atoms with E-state index >= 15 is 0 Å². The Hall–Kier alpha value is -3.83. The quantitative estimate of drug-likeness (QED) is 0.456. The summed E-state index contributed by atoms with van der Waals surface area (Å²) in [6.07, 6.45) is 2.81. The number of nitrogens with two attached hydrogens (primary N) is 1. The molecule has 0 radical (unpaired) electrons. The van der Waals surface area contributed by atoms with Gasteiger partial charge in [0.15, 0.2) is 0 Å². The summed E-state index contributed by atoms with van der Waals surface area (Å²) in [5, 5.41) is 3.46. The van der Waals surface area contributed by atoms with Gasteiger partial charge in [0, 0.05) is 43.2 Å². The number of nitrogens with one attached hydrogen (secondary N) is 1. The minimum absolute atomic E-state index is 0.0745. The number of nitrogen functional groups attached to an aromatic ring is 1. The van der Waals surface area contributed by atoms with Crippen LogP contribution in [0.3, 0.4) is 0 Å². The minimum Gasteiger partial charge on any atom is -0.399 e. The predicted molar refractivity (Wildman–Crippen MR) is 133 cm³/mol. The molecule has 166 valence electrons. The highest BCUT2D eigenvalue weighted by Gasteiger charge is 2.30. The molecule has 1 atom stereocenters. The summed E-state index contributed by atoms with van der Waals surface area (Å²) in [5.74, 6) is 0.0745. The van der Waals surface area contributed by atoms with Gasteiger partial charge in [0.25, 0.3) is 5.91 Å². The summed E-state index contributed by atoms with van der Waals surface area (Å²) >= 11 is 0. The summed E-state index contributed by atoms with van der Waals surface area (Å²) in [6.45, 7) is 2.29. The molecule has 33 heavy (non-hydrogen) atoms. The van der Waals surface area contributed by atoms with Crippen LogP contribution in [-0.4, -0.2) is 41.1 Å². The zero-order valence-electron chi connectivity index (χ0n) is 18.5. The van der Waals surface area contributed by atoms with E-state index in [0.29, 0.717) is 12.2 Å². The number of carbonyl (C=O) groups excluding carboxylic acids is 1. The van der Waals surface area contributed by atoms with Gasteiger partial charge in [0.2, 0.25) is 0 Å². The first-order valence-electron chi connectivity index (χ1n) is 11.4. The summed E-state index contributed by atoms with van der Waals surface area (Å²) in [5.41, 5.74) is 11.5. The lowest BCUT2D eigenvalue weighted by atomic mass is 10.0. The molecule has 1 aromatic heterocycles. The average molecular weight is 437 g/mol. The monoisotopic (exact) mass is 436 g/mol. The Kier molecular flexibility index (Phi) is 5.96. The number of hydrogen-bond donors (Lipinski definition) is 2. The third kappa shape index (κ3) is 4.41. The first-order chi connectivity index (χ1) is 16.2. The second-order valence-corrected chi connectivity index (χ2v) is 8.45. The molecule has 3 aromatic carbocycles. The normalized spacial score (nSPS) is 16.0. The second-order valence-electron chi connectivity index (χ2n) is 8.45. The van der Waals surface area contributed by atoms with Crippen molar-refractivity contribution in [3.8, 4) is 16.9 Å². The van der Waals surface area contributed by atoms with Crippen LogP contribution in [0.4, 0.5) is 5.69 Å². The summed E-state index contributed by atoms with van der Waals surface area (Å²) in [7, 11) is 0. The molecule has 0 aliphatic carbocycles. The van der Waals surface area contributed by atoms with Crippen molar-refractivity contribution in [2.24, 2.45) is 0 Å². The van der Waals surface area contributed by atoms with E-state index in [4.69, 9.17) is 5.73 Å². The topological polar surface area (TPSA) is 63.3 Å². The van der Waals surface area contributed by atoms with Gasteiger partial charge in [0.1, 0.15) is 0 Å². The highest BCUT2D eigenvalue weighted by atomic mass is 16.2. The third-order valence-corrected chi connectivity index (χ3v) is 6.26. The number of nitrogens with zero attached hydrogens (tertiary/aromatic N) is 2. The lowest BCUT2D eigenvalue weighted by molar-refractivity contribution is 0.0637. The molecule has 5 nitrogen and oxygen atoms in total. The highest BCUT2D eigenvalue weighted by molar-refractivity contribution is 6.01. The first-order valence-corrected chi connectivity index (χ1v) is 11.4. The molecule has 0 saturated carbocycles. The van der Waals surface area contributed by atoms with E-state index in [0.717, 1.165) is 42.0 Å². The minimum atomic E-state index is 0.0745. The molecule has 1 saturated heterocycles. The van der Waals surface area contributed by atoms with Crippen LogP contribution in [0.5, 0.6) is 0 Å². The van der Waals surface area contributed by atoms with E-state index in [2.05, 4.69) is 46.3 Å². The molecular weight excluding hydrogens is 408 g/mol. The molecule has 1 aliphatic rings. The number of anilines is 1. The Morgan fingerprint density at radius 1 is 0.909 bits per heavy atom. The zero-order valence-corrected chi connectivity index (χ0v) is 18.5. The van der Waals surface area contributed by atoms with E-state index < -0.39 is 0 Å². The lowest BCUT2D eigenvalue weighted by Crippen LogP contribution is -2.54. The molecule has 0 bridgehead atoms. The third-order valence-electron chi connectivity index (χ3n) is 6.26. The number of benzene rings is 3. The van der Waals surface area contributed by atoms with Gasteiger partial charge in [-0.3, -0.25) is 4.79 Å². The smallest absolute Gasteiger partial charge is 0.256 e. The second kappa shape index (κ2) is 9.35. The number of carbonyl (C=O) groups is 1. The Bertz CT molecular complexity index is 1220. The van der Waals surface area contributed by atoms with E-state index in [-0.39, 0.29) is 11.9 Å². The maximum Gasteiger partial charge on any atom is 0.256 e. The number of amides is 1. The number of rotatable bonds is 5. The summed E-state index contributed by atoms with van der Waals surface area (Å²) in [4.78, 5) is 16.0. The maximum absolute atomic E-state index is 14.0. The van der Waals surface area contributed by atoms with Gasteiger partial charge in [-0.1, -0.05) is 60.7 Å². The molecule has 1 fully saturated rings. The molecule has 5 heteroatoms. The van der Waals surface area contributed by atoms with E-state index in [1.807, 2.05) is 65.7 Å². The van der Waals surface area contributed by atoms with E-state index in [1.54, 1.807) is 0 Å². The molecule has 1 aliphatic heterocycles. The molecular formula is C28H28N4O. The molecule has 1 unspecified atom stereocenters. The standard InChI is InChI=1S/C28H28N4O/c29-23-11-13-24(14-12-23)31-17-15-26(27(31)22-9-5-2-6-10-22)28(33)32-18-16-30-20-25(32)19-21-7-3-1-4-8-21/h1-15,17,25,30H,16,18-20,29H2. The molecule has 5 rings (SSSR count). The fourth-order valence-corrected chi connectivity index (χ4v) is 4.60. The van der Waals surface area contributed by atoms with Crippen LogP contribution in [0.15, 0.2) is 97.2 Å². The van der Waals surface area contributed by atoms with Crippen molar-refractivity contribution in [2.45, 2.75) is 12.5 Å². The van der Waals surface area contributed by atoms with E-state index in [1.165, 1.54) is 5.56 Å². The van der Waals surface area contributed by atoms with Crippen molar-refractivity contribution in [1.82, 2.24) is 14.8 Å². The molecule has 0 spiro atoms. The highest BCUT2D eigenvalue weighted by Crippen LogP contribution is 2.30. The predicted octanol–water partition coefficient (Wildman–Crippen LogP) is 4.38. The van der Waals surface area contributed by atoms with Crippen LogP contribution in [0, 0.1) is 0 Å². The van der Waals surface area contributed by atoms with Crippen LogP contribution in [0.1, 0.15) is 15.9 Å². The SMILES string of the molecule is Nc1ccc(-n2ccc(C(=O)N3CCNCC3Cc3ccccc3)c2-c2ccccc2)cc1. The van der Waals surface area contributed by atoms with Crippen LogP contribution < -0.4 is 11.1 Å². The zero-order chi connectivity index (χ0) is 22.6. The molecule has 2 heterocycles. The van der Waals surface area contributed by atoms with Crippen LogP contribution >= 0.6 is 0 Å². The molecule has 1 amide bonds. The lowest BCUT2D eigenvalue weighted by Gasteiger charge is -2.36. The largest absolute Gasteiger partial charge is 0.399 e. The molecule has 4 aromatic rings. The van der Waals surface area contributed by atoms with Gasteiger partial charge in [0.05, 0.1) is 11.3 Å². The van der Waals surface area contributed by atoms with Gasteiger partial charge in [-0.2, -0.15) is 0 Å². The fourth-order valence-electron chi connectivity index (χ4n) is 4.60. The fraction of sp³-hybridized carbons (Fsp3) is 0.179. The molecule has 3 N–H and O–H groups in total. The van der Waals surface area contributed by atoms with Crippen molar-refractivity contribution >= 4 is 11.6 Å². The van der Waals surface area contributed by atoms with Gasteiger partial charge >= 0.3 is 0 Å². The van der Waals surface area contributed by atoms with Gasteiger partial charge in [-0.05, 0) is 47.9 Å². The van der Waals surface area contributed by atoms with Gasteiger partial charge in [-0.25, -0.2) is 0 Å². The Balaban J connectivity index is 1.53. The summed E-state index contributed by atoms with van der Waals surface area (Å²) in [6, 6.07) is 30.3.